The van der Waals surface area contributed by atoms with E-state index >= 15 is 0 Å². The molecule has 1 atom stereocenters. The van der Waals surface area contributed by atoms with E-state index in [9.17, 15) is 5.11 Å². The van der Waals surface area contributed by atoms with Gasteiger partial charge in [0.1, 0.15) is 0 Å². The number of rotatable bonds is 4. The van der Waals surface area contributed by atoms with Crippen LogP contribution in [-0.4, -0.2) is 43.5 Å². The molecule has 1 saturated heterocycles. The van der Waals surface area contributed by atoms with Crippen LogP contribution in [0.1, 0.15) is 18.4 Å². The molecule has 2 aromatic carbocycles. The summed E-state index contributed by atoms with van der Waals surface area (Å²) in [7, 11) is 0. The SMILES string of the molecule is Cc1ccc(-c2nn(CN3CCC[C@H](O)C3)c(=S)n2-c2ccc(Cl)cc2)cc1. The molecule has 2 heterocycles. The Kier molecular flexibility index (Phi) is 5.64. The van der Waals surface area contributed by atoms with Crippen LogP contribution in [-0.2, 0) is 6.67 Å². The summed E-state index contributed by atoms with van der Waals surface area (Å²) in [5.41, 5.74) is 3.13. The van der Waals surface area contributed by atoms with Crippen molar-refractivity contribution in [1.82, 2.24) is 19.2 Å². The Morgan fingerprint density at radius 2 is 1.86 bits per heavy atom. The third kappa shape index (κ3) is 4.05. The maximum Gasteiger partial charge on any atom is 0.204 e. The lowest BCUT2D eigenvalue weighted by Gasteiger charge is -2.29. The van der Waals surface area contributed by atoms with Crippen molar-refractivity contribution in [2.45, 2.75) is 32.5 Å². The standard InChI is InChI=1S/C21H23ClN4OS/c1-15-4-6-16(7-5-15)20-23-25(14-24-12-2-3-19(27)13-24)21(28)26(20)18-10-8-17(22)9-11-18/h4-11,19,27H,2-3,12-14H2,1H3/t19-/m0/s1. The first-order valence-corrected chi connectivity index (χ1v) is 10.2. The van der Waals surface area contributed by atoms with E-state index in [-0.39, 0.29) is 6.10 Å². The molecule has 0 unspecified atom stereocenters. The first-order chi connectivity index (χ1) is 13.5. The van der Waals surface area contributed by atoms with Crippen LogP contribution >= 0.6 is 23.8 Å². The van der Waals surface area contributed by atoms with Gasteiger partial charge in [-0.3, -0.25) is 9.47 Å². The summed E-state index contributed by atoms with van der Waals surface area (Å²) in [6.45, 7) is 4.22. The molecule has 0 bridgehead atoms. The second-order valence-electron chi connectivity index (χ2n) is 7.30. The number of halogens is 1. The Hall–Kier alpha value is -1.99. The highest BCUT2D eigenvalue weighted by Crippen LogP contribution is 2.24. The number of likely N-dealkylation sites (tertiary alicyclic amines) is 1. The van der Waals surface area contributed by atoms with Crippen molar-refractivity contribution in [2.75, 3.05) is 13.1 Å². The molecule has 28 heavy (non-hydrogen) atoms. The van der Waals surface area contributed by atoms with Crippen LogP contribution in [0.5, 0.6) is 0 Å². The summed E-state index contributed by atoms with van der Waals surface area (Å²) in [6, 6.07) is 15.9. The lowest BCUT2D eigenvalue weighted by molar-refractivity contribution is 0.0513. The molecule has 5 nitrogen and oxygen atoms in total. The predicted molar refractivity (Wildman–Crippen MR) is 114 cm³/mol. The van der Waals surface area contributed by atoms with E-state index in [0.29, 0.717) is 23.0 Å². The molecular formula is C21H23ClN4OS. The number of piperidine rings is 1. The number of hydrogen-bond acceptors (Lipinski definition) is 4. The second-order valence-corrected chi connectivity index (χ2v) is 8.10. The smallest absolute Gasteiger partial charge is 0.204 e. The van der Waals surface area contributed by atoms with E-state index in [1.807, 2.05) is 33.5 Å². The summed E-state index contributed by atoms with van der Waals surface area (Å²) >= 11 is 11.9. The molecule has 0 spiro atoms. The van der Waals surface area contributed by atoms with Gasteiger partial charge in [-0.05, 0) is 56.2 Å². The Morgan fingerprint density at radius 1 is 1.14 bits per heavy atom. The second kappa shape index (κ2) is 8.17. The summed E-state index contributed by atoms with van der Waals surface area (Å²) < 4.78 is 4.45. The van der Waals surface area contributed by atoms with Crippen molar-refractivity contribution in [3.05, 3.63) is 63.9 Å². The number of β-amino-alcohol motifs (C(OH)–C–C–N with tert-alkyl or cyclic N) is 1. The van der Waals surface area contributed by atoms with Gasteiger partial charge in [-0.25, -0.2) is 4.68 Å². The zero-order chi connectivity index (χ0) is 19.7. The van der Waals surface area contributed by atoms with E-state index < -0.39 is 0 Å². The number of aliphatic hydroxyl groups is 1. The van der Waals surface area contributed by atoms with Crippen molar-refractivity contribution < 1.29 is 5.11 Å². The lowest BCUT2D eigenvalue weighted by Crippen LogP contribution is -2.39. The van der Waals surface area contributed by atoms with Gasteiger partial charge in [0.2, 0.25) is 4.77 Å². The van der Waals surface area contributed by atoms with Crippen molar-refractivity contribution in [2.24, 2.45) is 0 Å². The van der Waals surface area contributed by atoms with Crippen LogP contribution in [0, 0.1) is 11.7 Å². The van der Waals surface area contributed by atoms with E-state index in [2.05, 4.69) is 36.1 Å². The average molecular weight is 415 g/mol. The van der Waals surface area contributed by atoms with Gasteiger partial charge in [-0.15, -0.1) is 5.10 Å². The maximum absolute atomic E-state index is 9.98. The van der Waals surface area contributed by atoms with Crippen LogP contribution in [0.25, 0.3) is 17.1 Å². The molecule has 1 N–H and O–H groups in total. The summed E-state index contributed by atoms with van der Waals surface area (Å²) in [5.74, 6) is 0.796. The van der Waals surface area contributed by atoms with E-state index in [4.69, 9.17) is 28.9 Å². The minimum atomic E-state index is -0.280. The minimum Gasteiger partial charge on any atom is -0.392 e. The first kappa shape index (κ1) is 19.3. The number of aryl methyl sites for hydroxylation is 1. The Labute approximate surface area is 174 Å². The number of aliphatic hydroxyl groups excluding tert-OH is 1. The third-order valence-corrected chi connectivity index (χ3v) is 5.69. The number of benzene rings is 2. The summed E-state index contributed by atoms with van der Waals surface area (Å²) in [4.78, 5) is 2.20. The minimum absolute atomic E-state index is 0.280. The molecule has 4 rings (SSSR count). The fourth-order valence-corrected chi connectivity index (χ4v) is 3.98. The molecule has 0 aliphatic carbocycles. The molecule has 0 radical (unpaired) electrons. The van der Waals surface area contributed by atoms with Gasteiger partial charge in [0, 0.05) is 23.7 Å². The van der Waals surface area contributed by atoms with Gasteiger partial charge in [-0.2, -0.15) is 0 Å². The third-order valence-electron chi connectivity index (χ3n) is 5.05. The normalized spacial score (nSPS) is 17.8. The summed E-state index contributed by atoms with van der Waals surface area (Å²) in [5, 5.41) is 15.5. The molecule has 0 saturated carbocycles. The van der Waals surface area contributed by atoms with Gasteiger partial charge in [0.05, 0.1) is 18.5 Å². The Balaban J connectivity index is 1.78. The molecule has 1 aromatic heterocycles. The lowest BCUT2D eigenvalue weighted by atomic mass is 10.1. The van der Waals surface area contributed by atoms with Crippen LogP contribution in [0.2, 0.25) is 5.02 Å². The van der Waals surface area contributed by atoms with Crippen LogP contribution in [0.4, 0.5) is 0 Å². The van der Waals surface area contributed by atoms with Crippen molar-refractivity contribution in [3.8, 4) is 17.1 Å². The summed E-state index contributed by atoms with van der Waals surface area (Å²) in [6.07, 6.45) is 1.56. The van der Waals surface area contributed by atoms with Gasteiger partial charge in [0.25, 0.3) is 0 Å². The molecule has 1 aliphatic heterocycles. The fraction of sp³-hybridized carbons (Fsp3) is 0.333. The largest absolute Gasteiger partial charge is 0.392 e. The number of nitrogens with zero attached hydrogens (tertiary/aromatic N) is 4. The van der Waals surface area contributed by atoms with E-state index in [0.717, 1.165) is 36.5 Å². The molecule has 7 heteroatoms. The quantitative estimate of drug-likeness (QED) is 0.641. The monoisotopic (exact) mass is 414 g/mol. The molecular weight excluding hydrogens is 392 g/mol. The highest BCUT2D eigenvalue weighted by molar-refractivity contribution is 7.71. The van der Waals surface area contributed by atoms with E-state index in [1.54, 1.807) is 0 Å². The van der Waals surface area contributed by atoms with Gasteiger partial charge in [0.15, 0.2) is 5.82 Å². The molecule has 3 aromatic rings. The van der Waals surface area contributed by atoms with Crippen molar-refractivity contribution in [1.29, 1.82) is 0 Å². The molecule has 1 fully saturated rings. The zero-order valence-corrected chi connectivity index (χ0v) is 17.3. The molecule has 0 amide bonds. The highest BCUT2D eigenvalue weighted by Gasteiger charge is 2.20. The van der Waals surface area contributed by atoms with Crippen molar-refractivity contribution in [3.63, 3.8) is 0 Å². The van der Waals surface area contributed by atoms with Crippen LogP contribution in [0.15, 0.2) is 48.5 Å². The average Bonchev–Trinajstić information content (AvgIpc) is 2.99. The molecule has 146 valence electrons. The predicted octanol–water partition coefficient (Wildman–Crippen LogP) is 4.45. The topological polar surface area (TPSA) is 46.2 Å². The highest BCUT2D eigenvalue weighted by atomic mass is 35.5. The van der Waals surface area contributed by atoms with Crippen molar-refractivity contribution >= 4 is 23.8 Å². The van der Waals surface area contributed by atoms with Gasteiger partial charge in [-0.1, -0.05) is 41.4 Å². The molecule has 1 aliphatic rings. The van der Waals surface area contributed by atoms with Gasteiger partial charge < -0.3 is 5.11 Å². The number of aromatic nitrogens is 3. The van der Waals surface area contributed by atoms with Crippen LogP contribution in [0.3, 0.4) is 0 Å². The van der Waals surface area contributed by atoms with Gasteiger partial charge >= 0.3 is 0 Å². The Morgan fingerprint density at radius 3 is 2.54 bits per heavy atom. The maximum atomic E-state index is 9.98. The number of hydrogen-bond donors (Lipinski definition) is 1. The zero-order valence-electron chi connectivity index (χ0n) is 15.8. The van der Waals surface area contributed by atoms with E-state index in [1.165, 1.54) is 5.56 Å². The fourth-order valence-electron chi connectivity index (χ4n) is 3.56. The Bertz CT molecular complexity index is 1010. The van der Waals surface area contributed by atoms with Crippen LogP contribution < -0.4 is 0 Å². The first-order valence-electron chi connectivity index (χ1n) is 9.44.